The monoisotopic (exact) mass is 587 g/mol. The highest BCUT2D eigenvalue weighted by molar-refractivity contribution is 5.84. The van der Waals surface area contributed by atoms with Crippen molar-refractivity contribution >= 4 is 23.1 Å². The molecule has 0 spiro atoms. The molecule has 0 unspecified atom stereocenters. The van der Waals surface area contributed by atoms with E-state index in [0.717, 1.165) is 22.4 Å². The van der Waals surface area contributed by atoms with E-state index in [-0.39, 0.29) is 30.4 Å². The third kappa shape index (κ3) is 6.80. The Morgan fingerprint density at radius 1 is 0.977 bits per heavy atom. The Balaban J connectivity index is 1.86. The number of carbonyl (C=O) groups excluding carboxylic acids is 1. The quantitative estimate of drug-likeness (QED) is 0.153. The molecule has 0 aliphatic rings. The number of hydrogen-bond donors (Lipinski definition) is 0. The van der Waals surface area contributed by atoms with Crippen LogP contribution in [0.1, 0.15) is 50.3 Å². The van der Waals surface area contributed by atoms with E-state index < -0.39 is 5.97 Å². The van der Waals surface area contributed by atoms with Crippen LogP contribution in [0.25, 0.3) is 22.3 Å². The van der Waals surface area contributed by atoms with Gasteiger partial charge in [-0.2, -0.15) is 9.78 Å². The molecule has 3 aromatic carbocycles. The number of esters is 1. The minimum atomic E-state index is -0.516. The van der Waals surface area contributed by atoms with Crippen LogP contribution in [-0.4, -0.2) is 55.9 Å². The van der Waals surface area contributed by atoms with Gasteiger partial charge in [-0.3, -0.25) is 4.79 Å². The van der Waals surface area contributed by atoms with Crippen LogP contribution in [0.3, 0.4) is 0 Å². The fourth-order valence-corrected chi connectivity index (χ4v) is 4.65. The predicted octanol–water partition coefficient (Wildman–Crippen LogP) is 5.74. The van der Waals surface area contributed by atoms with Gasteiger partial charge in [0.2, 0.25) is 5.75 Å². The molecule has 1 aromatic heterocycles. The Morgan fingerprint density at radius 2 is 1.67 bits per heavy atom. The van der Waals surface area contributed by atoms with Crippen molar-refractivity contribution in [2.75, 3.05) is 34.0 Å². The van der Waals surface area contributed by atoms with Gasteiger partial charge in [-0.05, 0) is 74.2 Å². The minimum Gasteiger partial charge on any atom is -0.494 e. The molecular weight excluding hydrogens is 550 g/mol. The van der Waals surface area contributed by atoms with E-state index in [4.69, 9.17) is 28.7 Å². The largest absolute Gasteiger partial charge is 0.494 e. The Hall–Kier alpha value is -4.86. The minimum absolute atomic E-state index is 0.175. The maximum absolute atomic E-state index is 13.8. The van der Waals surface area contributed by atoms with Gasteiger partial charge in [-0.25, -0.2) is 9.78 Å². The van der Waals surface area contributed by atoms with Crippen LogP contribution in [-0.2, 0) is 9.53 Å². The number of ether oxygens (including phenoxy) is 5. The van der Waals surface area contributed by atoms with Gasteiger partial charge < -0.3 is 23.7 Å². The lowest BCUT2D eigenvalue weighted by molar-refractivity contribution is -0.145. The number of hydrogen-bond acceptors (Lipinski definition) is 9. The summed E-state index contributed by atoms with van der Waals surface area (Å²) >= 11 is 0. The normalized spacial score (nSPS) is 11.3. The molecule has 0 N–H and O–H groups in total. The number of carbonyl (C=O) groups is 1. The first-order valence-electron chi connectivity index (χ1n) is 14.1. The molecular formula is C33H37N3O7. The van der Waals surface area contributed by atoms with Crippen LogP contribution < -0.4 is 24.5 Å². The first-order chi connectivity index (χ1) is 20.7. The molecule has 1 heterocycles. The number of methoxy groups -OCH3 is 2. The van der Waals surface area contributed by atoms with Gasteiger partial charge >= 0.3 is 5.97 Å². The second kappa shape index (κ2) is 13.9. The van der Waals surface area contributed by atoms with Crippen molar-refractivity contribution in [2.24, 2.45) is 5.10 Å². The van der Waals surface area contributed by atoms with Gasteiger partial charge in [0.1, 0.15) is 5.75 Å². The molecule has 0 amide bonds. The first kappa shape index (κ1) is 31.1. The van der Waals surface area contributed by atoms with E-state index in [1.54, 1.807) is 31.2 Å². The van der Waals surface area contributed by atoms with Crippen LogP contribution in [0.4, 0.5) is 0 Å². The smallest absolute Gasteiger partial charge is 0.344 e. The number of benzene rings is 3. The molecule has 0 aliphatic carbocycles. The Bertz CT molecular complexity index is 1680. The molecule has 0 bridgehead atoms. The lowest BCUT2D eigenvalue weighted by Crippen LogP contribution is -2.21. The van der Waals surface area contributed by atoms with Gasteiger partial charge in [0.05, 0.1) is 44.6 Å². The average Bonchev–Trinajstić information content (AvgIpc) is 2.99. The van der Waals surface area contributed by atoms with Crippen molar-refractivity contribution in [2.45, 2.75) is 40.5 Å². The number of para-hydroxylation sites is 1. The lowest BCUT2D eigenvalue weighted by atomic mass is 9.96. The number of fused-ring (bicyclic) bond motifs is 1. The van der Waals surface area contributed by atoms with Gasteiger partial charge in [0.15, 0.2) is 23.9 Å². The standard InChI is InChI=1S/C33H37N3O7/c1-8-41-27-14-21(5)25(17-24(27)20(3)4)32-35-26-13-11-10-12-23(26)33(38)36(32)34-18-22-15-28(39-6)31(29(16-22)40-7)43-19-30(37)42-9-2/h10-18,20H,8-9,19H2,1-7H3. The molecule has 226 valence electrons. The first-order valence-corrected chi connectivity index (χ1v) is 14.1. The van der Waals surface area contributed by atoms with Crippen molar-refractivity contribution in [3.63, 3.8) is 0 Å². The molecule has 4 aromatic rings. The van der Waals surface area contributed by atoms with E-state index >= 15 is 0 Å². The van der Waals surface area contributed by atoms with Gasteiger partial charge in [-0.1, -0.05) is 26.0 Å². The zero-order valence-electron chi connectivity index (χ0n) is 25.6. The summed E-state index contributed by atoms with van der Waals surface area (Å²) in [6.07, 6.45) is 1.52. The highest BCUT2D eigenvalue weighted by Crippen LogP contribution is 2.38. The zero-order chi connectivity index (χ0) is 31.1. The van der Waals surface area contributed by atoms with E-state index in [1.165, 1.54) is 25.1 Å². The molecule has 0 saturated heterocycles. The number of rotatable bonds is 12. The summed E-state index contributed by atoms with van der Waals surface area (Å²) in [6.45, 7) is 10.3. The predicted molar refractivity (Wildman–Crippen MR) is 166 cm³/mol. The maximum Gasteiger partial charge on any atom is 0.344 e. The van der Waals surface area contributed by atoms with Crippen LogP contribution in [0.2, 0.25) is 0 Å². The molecule has 0 atom stereocenters. The number of aryl methyl sites for hydroxylation is 1. The third-order valence-corrected chi connectivity index (χ3v) is 6.72. The summed E-state index contributed by atoms with van der Waals surface area (Å²) in [7, 11) is 2.95. The van der Waals surface area contributed by atoms with Crippen LogP contribution in [0.15, 0.2) is 58.4 Å². The van der Waals surface area contributed by atoms with Gasteiger partial charge in [0, 0.05) is 11.1 Å². The molecule has 0 aliphatic heterocycles. The average molecular weight is 588 g/mol. The second-order valence-electron chi connectivity index (χ2n) is 9.95. The highest BCUT2D eigenvalue weighted by atomic mass is 16.6. The van der Waals surface area contributed by atoms with Crippen molar-refractivity contribution in [3.05, 3.63) is 75.6 Å². The Kier molecular flexibility index (Phi) is 10.0. The second-order valence-corrected chi connectivity index (χ2v) is 9.95. The Morgan fingerprint density at radius 3 is 2.30 bits per heavy atom. The molecule has 10 nitrogen and oxygen atoms in total. The van der Waals surface area contributed by atoms with E-state index in [1.807, 2.05) is 38.1 Å². The van der Waals surface area contributed by atoms with Crippen LogP contribution >= 0.6 is 0 Å². The summed E-state index contributed by atoms with van der Waals surface area (Å²) in [5.41, 5.74) is 3.49. The van der Waals surface area contributed by atoms with Crippen molar-refractivity contribution in [3.8, 4) is 34.4 Å². The highest BCUT2D eigenvalue weighted by Gasteiger charge is 2.19. The summed E-state index contributed by atoms with van der Waals surface area (Å²) in [5, 5.41) is 5.05. The molecule has 0 fully saturated rings. The Labute approximate surface area is 250 Å². The molecule has 43 heavy (non-hydrogen) atoms. The van der Waals surface area contributed by atoms with E-state index in [2.05, 4.69) is 18.9 Å². The van der Waals surface area contributed by atoms with Gasteiger partial charge in [-0.15, -0.1) is 0 Å². The fraction of sp³-hybridized carbons (Fsp3) is 0.333. The summed E-state index contributed by atoms with van der Waals surface area (Å²) < 4.78 is 28.9. The van der Waals surface area contributed by atoms with Gasteiger partial charge in [0.25, 0.3) is 5.56 Å². The fourth-order valence-electron chi connectivity index (χ4n) is 4.65. The van der Waals surface area contributed by atoms with E-state index in [0.29, 0.717) is 40.4 Å². The number of nitrogens with zero attached hydrogens (tertiary/aromatic N) is 3. The van der Waals surface area contributed by atoms with E-state index in [9.17, 15) is 9.59 Å². The van der Waals surface area contributed by atoms with Crippen molar-refractivity contribution < 1.29 is 28.5 Å². The summed E-state index contributed by atoms with van der Waals surface area (Å²) in [4.78, 5) is 30.6. The topological polar surface area (TPSA) is 110 Å². The van der Waals surface area contributed by atoms with Crippen LogP contribution in [0.5, 0.6) is 23.0 Å². The number of aromatic nitrogens is 2. The molecule has 10 heteroatoms. The summed E-state index contributed by atoms with van der Waals surface area (Å²) in [5.74, 6) is 1.74. The SMILES string of the molecule is CCOC(=O)COc1c(OC)cc(C=Nn2c(-c3cc(C(C)C)c(OCC)cc3C)nc3ccccc3c2=O)cc1OC. The van der Waals surface area contributed by atoms with Crippen molar-refractivity contribution in [1.82, 2.24) is 9.66 Å². The van der Waals surface area contributed by atoms with Crippen LogP contribution in [0, 0.1) is 6.92 Å². The zero-order valence-corrected chi connectivity index (χ0v) is 25.6. The van der Waals surface area contributed by atoms with Crippen molar-refractivity contribution in [1.29, 1.82) is 0 Å². The molecule has 0 radical (unpaired) electrons. The lowest BCUT2D eigenvalue weighted by Gasteiger charge is -2.18. The molecule has 0 saturated carbocycles. The summed E-state index contributed by atoms with van der Waals surface area (Å²) in [6, 6.07) is 14.5. The maximum atomic E-state index is 13.8. The third-order valence-electron chi connectivity index (χ3n) is 6.72. The molecule has 4 rings (SSSR count).